The molecule has 24 heavy (non-hydrogen) atoms. The van der Waals surface area contributed by atoms with Crippen LogP contribution in [0.25, 0.3) is 6.08 Å². The second-order valence-electron chi connectivity index (χ2n) is 7.94. The molecule has 0 saturated heterocycles. The molecule has 2 aromatic carbocycles. The van der Waals surface area contributed by atoms with Crippen LogP contribution in [0.4, 0.5) is 0 Å². The number of nitrogens with zero attached hydrogens (tertiary/aromatic N) is 1. The molecule has 0 heterocycles. The van der Waals surface area contributed by atoms with E-state index in [4.69, 9.17) is 0 Å². The molecule has 0 saturated carbocycles. The molecule has 2 aromatic rings. The van der Waals surface area contributed by atoms with E-state index in [1.165, 1.54) is 27.8 Å². The molecule has 1 aliphatic carbocycles. The summed E-state index contributed by atoms with van der Waals surface area (Å²) in [5.41, 5.74) is 8.63. The minimum atomic E-state index is -0.0410. The fourth-order valence-corrected chi connectivity index (χ4v) is 4.67. The van der Waals surface area contributed by atoms with E-state index in [1.54, 1.807) is 0 Å². The third-order valence-corrected chi connectivity index (χ3v) is 5.79. The maximum absolute atomic E-state index is 9.23. The van der Waals surface area contributed by atoms with Gasteiger partial charge < -0.3 is 0 Å². The highest BCUT2D eigenvalue weighted by molar-refractivity contribution is 5.63. The first kappa shape index (κ1) is 16.5. The SMILES string of the molecule is C=Cc1ccc2c(c1C)C(C)(c1ccc(C#N)c(C)c1)CC2(C)C. The maximum Gasteiger partial charge on any atom is 0.0994 e. The van der Waals surface area contributed by atoms with Crippen molar-refractivity contribution in [2.45, 2.75) is 51.9 Å². The van der Waals surface area contributed by atoms with Crippen LogP contribution in [0, 0.1) is 25.2 Å². The van der Waals surface area contributed by atoms with Gasteiger partial charge in [0.1, 0.15) is 0 Å². The topological polar surface area (TPSA) is 23.8 Å². The lowest BCUT2D eigenvalue weighted by Gasteiger charge is -2.30. The highest BCUT2D eigenvalue weighted by Gasteiger charge is 2.46. The van der Waals surface area contributed by atoms with Crippen molar-refractivity contribution in [1.29, 1.82) is 5.26 Å². The van der Waals surface area contributed by atoms with Crippen LogP contribution in [-0.4, -0.2) is 0 Å². The van der Waals surface area contributed by atoms with E-state index < -0.39 is 0 Å². The fraction of sp³-hybridized carbons (Fsp3) is 0.348. The van der Waals surface area contributed by atoms with Gasteiger partial charge in [0.05, 0.1) is 11.6 Å². The van der Waals surface area contributed by atoms with Gasteiger partial charge in [-0.05, 0) is 65.1 Å². The standard InChI is InChI=1S/C23H25N/c1-7-17-9-11-20-21(16(17)3)23(6,14-22(20,4)5)19-10-8-18(13-24)15(2)12-19/h7-12H,1,14H2,2-6H3. The van der Waals surface area contributed by atoms with Crippen molar-refractivity contribution in [3.63, 3.8) is 0 Å². The summed E-state index contributed by atoms with van der Waals surface area (Å²) in [4.78, 5) is 0. The van der Waals surface area contributed by atoms with Gasteiger partial charge in [-0.25, -0.2) is 0 Å². The lowest BCUT2D eigenvalue weighted by molar-refractivity contribution is 0.424. The predicted molar refractivity (Wildman–Crippen MR) is 101 cm³/mol. The third kappa shape index (κ3) is 2.21. The molecule has 0 bridgehead atoms. The van der Waals surface area contributed by atoms with Gasteiger partial charge in [-0.1, -0.05) is 57.7 Å². The van der Waals surface area contributed by atoms with Gasteiger partial charge in [-0.2, -0.15) is 5.26 Å². The molecule has 0 amide bonds. The molecular weight excluding hydrogens is 290 g/mol. The van der Waals surface area contributed by atoms with E-state index in [1.807, 2.05) is 19.1 Å². The van der Waals surface area contributed by atoms with E-state index in [0.29, 0.717) is 0 Å². The largest absolute Gasteiger partial charge is 0.192 e. The van der Waals surface area contributed by atoms with E-state index in [9.17, 15) is 5.26 Å². The van der Waals surface area contributed by atoms with E-state index in [-0.39, 0.29) is 10.8 Å². The third-order valence-electron chi connectivity index (χ3n) is 5.79. The zero-order valence-corrected chi connectivity index (χ0v) is 15.3. The number of aryl methyl sites for hydroxylation is 1. The summed E-state index contributed by atoms with van der Waals surface area (Å²) in [6, 6.07) is 13.0. The summed E-state index contributed by atoms with van der Waals surface area (Å²) in [5.74, 6) is 0. The minimum Gasteiger partial charge on any atom is -0.192 e. The first-order valence-corrected chi connectivity index (χ1v) is 8.53. The molecule has 1 heteroatoms. The quantitative estimate of drug-likeness (QED) is 0.686. The van der Waals surface area contributed by atoms with Crippen molar-refractivity contribution in [3.05, 3.63) is 75.9 Å². The van der Waals surface area contributed by atoms with Gasteiger partial charge in [0.2, 0.25) is 0 Å². The van der Waals surface area contributed by atoms with Crippen LogP contribution in [0.3, 0.4) is 0 Å². The summed E-state index contributed by atoms with van der Waals surface area (Å²) in [7, 11) is 0. The normalized spacial score (nSPS) is 21.2. The van der Waals surface area contributed by atoms with Crippen molar-refractivity contribution in [2.75, 3.05) is 0 Å². The Morgan fingerprint density at radius 1 is 1.12 bits per heavy atom. The summed E-state index contributed by atoms with van der Waals surface area (Å²) >= 11 is 0. The highest BCUT2D eigenvalue weighted by Crippen LogP contribution is 2.54. The van der Waals surface area contributed by atoms with Crippen molar-refractivity contribution < 1.29 is 0 Å². The Bertz CT molecular complexity index is 880. The fourth-order valence-electron chi connectivity index (χ4n) is 4.67. The lowest BCUT2D eigenvalue weighted by atomic mass is 9.73. The Hall–Kier alpha value is -2.33. The summed E-state index contributed by atoms with van der Waals surface area (Å²) < 4.78 is 0. The molecule has 0 aromatic heterocycles. The average molecular weight is 315 g/mol. The molecule has 1 atom stereocenters. The number of hydrogen-bond donors (Lipinski definition) is 0. The smallest absolute Gasteiger partial charge is 0.0994 e. The maximum atomic E-state index is 9.23. The summed E-state index contributed by atoms with van der Waals surface area (Å²) in [6.45, 7) is 15.2. The Labute approximate surface area is 145 Å². The van der Waals surface area contributed by atoms with Crippen LogP contribution in [0.5, 0.6) is 0 Å². The molecule has 0 spiro atoms. The summed E-state index contributed by atoms with van der Waals surface area (Å²) in [5, 5.41) is 9.23. The monoisotopic (exact) mass is 315 g/mol. The van der Waals surface area contributed by atoms with Crippen LogP contribution in [0.15, 0.2) is 36.9 Å². The molecule has 0 radical (unpaired) electrons. The highest BCUT2D eigenvalue weighted by atomic mass is 14.5. The van der Waals surface area contributed by atoms with Crippen LogP contribution in [0.2, 0.25) is 0 Å². The van der Waals surface area contributed by atoms with E-state index >= 15 is 0 Å². The van der Waals surface area contributed by atoms with Crippen LogP contribution in [-0.2, 0) is 10.8 Å². The lowest BCUT2D eigenvalue weighted by Crippen LogP contribution is -2.24. The number of rotatable bonds is 2. The van der Waals surface area contributed by atoms with Crippen LogP contribution >= 0.6 is 0 Å². The first-order valence-electron chi connectivity index (χ1n) is 8.53. The molecule has 0 aliphatic heterocycles. The first-order chi connectivity index (χ1) is 11.2. The zero-order chi connectivity index (χ0) is 17.7. The minimum absolute atomic E-state index is 0.0410. The van der Waals surface area contributed by atoms with Gasteiger partial charge in [-0.15, -0.1) is 0 Å². The molecule has 1 nitrogen and oxygen atoms in total. The number of benzene rings is 2. The molecular formula is C23H25N. The Kier molecular flexibility index (Phi) is 3.68. The van der Waals surface area contributed by atoms with Crippen LogP contribution < -0.4 is 0 Å². The number of hydrogen-bond acceptors (Lipinski definition) is 1. The summed E-state index contributed by atoms with van der Waals surface area (Å²) in [6.07, 6.45) is 3.02. The molecule has 0 fully saturated rings. The van der Waals surface area contributed by atoms with Gasteiger partial charge >= 0.3 is 0 Å². The zero-order valence-electron chi connectivity index (χ0n) is 15.3. The van der Waals surface area contributed by atoms with Gasteiger partial charge in [0.25, 0.3) is 0 Å². The van der Waals surface area contributed by atoms with E-state index in [0.717, 1.165) is 17.5 Å². The molecule has 0 N–H and O–H groups in total. The molecule has 1 unspecified atom stereocenters. The van der Waals surface area contributed by atoms with Gasteiger partial charge in [0, 0.05) is 5.41 Å². The average Bonchev–Trinajstić information content (AvgIpc) is 2.75. The van der Waals surface area contributed by atoms with Crippen molar-refractivity contribution >= 4 is 6.08 Å². The molecule has 3 rings (SSSR count). The van der Waals surface area contributed by atoms with Crippen LogP contribution in [0.1, 0.15) is 66.1 Å². The van der Waals surface area contributed by atoms with Gasteiger partial charge in [-0.3, -0.25) is 0 Å². The molecule has 122 valence electrons. The van der Waals surface area contributed by atoms with E-state index in [2.05, 4.69) is 64.6 Å². The van der Waals surface area contributed by atoms with Crippen molar-refractivity contribution in [1.82, 2.24) is 0 Å². The Morgan fingerprint density at radius 3 is 2.42 bits per heavy atom. The number of fused-ring (bicyclic) bond motifs is 1. The Morgan fingerprint density at radius 2 is 1.83 bits per heavy atom. The van der Waals surface area contributed by atoms with Crippen molar-refractivity contribution in [2.24, 2.45) is 0 Å². The second kappa shape index (κ2) is 5.35. The number of nitriles is 1. The van der Waals surface area contributed by atoms with Gasteiger partial charge in [0.15, 0.2) is 0 Å². The second-order valence-corrected chi connectivity index (χ2v) is 7.94. The molecule has 1 aliphatic rings. The predicted octanol–water partition coefficient (Wildman–Crippen LogP) is 5.81. The Balaban J connectivity index is 2.29. The van der Waals surface area contributed by atoms with Crippen molar-refractivity contribution in [3.8, 4) is 6.07 Å².